The molecule has 0 radical (unpaired) electrons. The molecular formula is C19H31IN2O2. The van der Waals surface area contributed by atoms with E-state index in [0.29, 0.717) is 6.61 Å². The van der Waals surface area contributed by atoms with Gasteiger partial charge in [-0.15, -0.1) is 0 Å². The lowest BCUT2D eigenvalue weighted by Gasteiger charge is -2.08. The fourth-order valence-corrected chi connectivity index (χ4v) is 3.04. The zero-order valence-corrected chi connectivity index (χ0v) is 16.9. The molecule has 0 aliphatic rings. The Labute approximate surface area is 160 Å². The highest BCUT2D eigenvalue weighted by Crippen LogP contribution is 2.12. The Hall–Kier alpha value is -0.820. The summed E-state index contributed by atoms with van der Waals surface area (Å²) in [6.45, 7) is 2.82. The van der Waals surface area contributed by atoms with Gasteiger partial charge in [0.1, 0.15) is 0 Å². The summed E-state index contributed by atoms with van der Waals surface area (Å²) in [6, 6.07) is 7.31. The summed E-state index contributed by atoms with van der Waals surface area (Å²) in [6.07, 6.45) is 12.9. The molecule has 0 fully saturated rings. The van der Waals surface area contributed by atoms with Crippen LogP contribution in [0.3, 0.4) is 0 Å². The number of halogens is 1. The maximum Gasteiger partial charge on any atom is 0.343 e. The van der Waals surface area contributed by atoms with Crippen molar-refractivity contribution in [3.63, 3.8) is 0 Å². The second-order valence-corrected chi connectivity index (χ2v) is 7.34. The minimum absolute atomic E-state index is 0.330. The van der Waals surface area contributed by atoms with Gasteiger partial charge in [-0.1, -0.05) is 70.8 Å². The minimum Gasteiger partial charge on any atom is -0.306 e. The van der Waals surface area contributed by atoms with E-state index in [2.05, 4.69) is 40.3 Å². The number of hydroxylamine groups is 1. The zero-order valence-electron chi connectivity index (χ0n) is 14.8. The molecule has 0 saturated heterocycles. The Morgan fingerprint density at radius 1 is 1.00 bits per heavy atom. The predicted molar refractivity (Wildman–Crippen MR) is 109 cm³/mol. The number of hydrogen-bond acceptors (Lipinski definition) is 2. The van der Waals surface area contributed by atoms with E-state index in [-0.39, 0.29) is 6.03 Å². The normalized spacial score (nSPS) is 10.6. The molecule has 1 aromatic carbocycles. The summed E-state index contributed by atoms with van der Waals surface area (Å²) in [7, 11) is 0. The number of amides is 2. The number of urea groups is 1. The Morgan fingerprint density at radius 3 is 2.25 bits per heavy atom. The maximum absolute atomic E-state index is 11.7. The summed E-state index contributed by atoms with van der Waals surface area (Å²) < 4.78 is 1.08. The highest BCUT2D eigenvalue weighted by atomic mass is 127. The predicted octanol–water partition coefficient (Wildman–Crippen LogP) is 6.27. The van der Waals surface area contributed by atoms with E-state index in [1.165, 1.54) is 51.4 Å². The number of anilines is 1. The van der Waals surface area contributed by atoms with Crippen LogP contribution in [-0.2, 0) is 4.84 Å². The minimum atomic E-state index is -0.330. The number of carbonyl (C=O) groups is 1. The van der Waals surface area contributed by atoms with Gasteiger partial charge < -0.3 is 5.32 Å². The van der Waals surface area contributed by atoms with Gasteiger partial charge in [-0.05, 0) is 47.2 Å². The van der Waals surface area contributed by atoms with Crippen molar-refractivity contribution >= 4 is 34.3 Å². The van der Waals surface area contributed by atoms with E-state index in [4.69, 9.17) is 4.84 Å². The number of nitrogens with one attached hydrogen (secondary N) is 2. The zero-order chi connectivity index (χ0) is 17.5. The molecule has 24 heavy (non-hydrogen) atoms. The van der Waals surface area contributed by atoms with Gasteiger partial charge in [0, 0.05) is 9.26 Å². The van der Waals surface area contributed by atoms with Gasteiger partial charge in [0.2, 0.25) is 0 Å². The Morgan fingerprint density at radius 2 is 1.62 bits per heavy atom. The topological polar surface area (TPSA) is 50.4 Å². The molecule has 0 saturated carbocycles. The molecule has 0 bridgehead atoms. The van der Waals surface area contributed by atoms with Crippen LogP contribution in [0.15, 0.2) is 24.3 Å². The van der Waals surface area contributed by atoms with Crippen molar-refractivity contribution in [2.24, 2.45) is 0 Å². The Bertz CT molecular complexity index is 455. The van der Waals surface area contributed by atoms with E-state index in [1.807, 2.05) is 24.3 Å². The number of rotatable bonds is 13. The third-order valence-corrected chi connectivity index (χ3v) is 4.52. The monoisotopic (exact) mass is 446 g/mol. The second-order valence-electron chi connectivity index (χ2n) is 6.10. The van der Waals surface area contributed by atoms with Crippen LogP contribution in [0.4, 0.5) is 10.5 Å². The average Bonchev–Trinajstić information content (AvgIpc) is 2.56. The van der Waals surface area contributed by atoms with E-state index in [9.17, 15) is 4.79 Å². The number of unbranched alkanes of at least 4 members (excludes halogenated alkanes) is 9. The van der Waals surface area contributed by atoms with Gasteiger partial charge in [0.05, 0.1) is 6.61 Å². The van der Waals surface area contributed by atoms with Crippen LogP contribution in [-0.4, -0.2) is 12.6 Å². The number of hydrogen-bond donors (Lipinski definition) is 2. The molecule has 0 unspecified atom stereocenters. The Kier molecular flexibility index (Phi) is 12.8. The van der Waals surface area contributed by atoms with Gasteiger partial charge in [-0.25, -0.2) is 10.3 Å². The smallest absolute Gasteiger partial charge is 0.306 e. The van der Waals surface area contributed by atoms with Crippen LogP contribution in [0.25, 0.3) is 0 Å². The van der Waals surface area contributed by atoms with Crippen molar-refractivity contribution in [2.45, 2.75) is 71.1 Å². The largest absolute Gasteiger partial charge is 0.343 e. The van der Waals surface area contributed by atoms with Gasteiger partial charge in [0.15, 0.2) is 0 Å². The van der Waals surface area contributed by atoms with Crippen LogP contribution < -0.4 is 10.8 Å². The lowest BCUT2D eigenvalue weighted by atomic mass is 10.1. The molecule has 0 aromatic heterocycles. The van der Waals surface area contributed by atoms with Gasteiger partial charge in [-0.2, -0.15) is 0 Å². The Balaban J connectivity index is 1.88. The van der Waals surface area contributed by atoms with E-state index in [0.717, 1.165) is 22.1 Å². The molecule has 0 heterocycles. The van der Waals surface area contributed by atoms with Crippen molar-refractivity contribution in [1.29, 1.82) is 0 Å². The van der Waals surface area contributed by atoms with Crippen molar-refractivity contribution in [1.82, 2.24) is 5.48 Å². The van der Waals surface area contributed by atoms with E-state index in [1.54, 1.807) is 0 Å². The molecule has 136 valence electrons. The molecule has 0 aliphatic carbocycles. The van der Waals surface area contributed by atoms with Gasteiger partial charge in [0.25, 0.3) is 0 Å². The summed E-state index contributed by atoms with van der Waals surface area (Å²) in [4.78, 5) is 16.9. The van der Waals surface area contributed by atoms with Gasteiger partial charge >= 0.3 is 6.03 Å². The molecule has 0 spiro atoms. The standard InChI is InChI=1S/C19H31IN2O2/c1-2-3-4-5-6-7-8-9-10-11-15-24-22-19(23)21-18-14-12-13-17(20)16-18/h12-14,16H,2-11,15H2,1H3,(H2,21,22,23). The highest BCUT2D eigenvalue weighted by molar-refractivity contribution is 14.1. The quantitative estimate of drug-likeness (QED) is 0.213. The lowest BCUT2D eigenvalue weighted by molar-refractivity contribution is 0.0631. The molecule has 2 N–H and O–H groups in total. The lowest BCUT2D eigenvalue weighted by Crippen LogP contribution is -2.29. The third-order valence-electron chi connectivity index (χ3n) is 3.85. The first-order chi connectivity index (χ1) is 11.7. The van der Waals surface area contributed by atoms with Crippen molar-refractivity contribution in [2.75, 3.05) is 11.9 Å². The fraction of sp³-hybridized carbons (Fsp3) is 0.632. The molecule has 0 aliphatic heterocycles. The summed E-state index contributed by atoms with van der Waals surface area (Å²) in [5.41, 5.74) is 3.19. The second kappa shape index (κ2) is 14.5. The first kappa shape index (κ1) is 21.2. The first-order valence-corrected chi connectivity index (χ1v) is 10.2. The summed E-state index contributed by atoms with van der Waals surface area (Å²) >= 11 is 2.21. The van der Waals surface area contributed by atoms with Crippen molar-refractivity contribution in [3.05, 3.63) is 27.8 Å². The fourth-order valence-electron chi connectivity index (χ4n) is 2.50. The summed E-state index contributed by atoms with van der Waals surface area (Å²) in [5.74, 6) is 0. The SMILES string of the molecule is CCCCCCCCCCCCONC(=O)Nc1cccc(I)c1. The number of benzene rings is 1. The van der Waals surface area contributed by atoms with Crippen LogP contribution in [0.5, 0.6) is 0 Å². The molecule has 1 aromatic rings. The number of carbonyl (C=O) groups excluding carboxylic acids is 1. The van der Waals surface area contributed by atoms with Crippen molar-refractivity contribution < 1.29 is 9.63 Å². The van der Waals surface area contributed by atoms with Crippen LogP contribution >= 0.6 is 22.6 Å². The summed E-state index contributed by atoms with van der Waals surface area (Å²) in [5, 5.41) is 2.74. The van der Waals surface area contributed by atoms with Crippen LogP contribution in [0, 0.1) is 3.57 Å². The molecule has 5 heteroatoms. The van der Waals surface area contributed by atoms with Crippen LogP contribution in [0.1, 0.15) is 71.1 Å². The highest BCUT2D eigenvalue weighted by Gasteiger charge is 2.01. The molecule has 4 nitrogen and oxygen atoms in total. The first-order valence-electron chi connectivity index (χ1n) is 9.16. The van der Waals surface area contributed by atoms with Crippen molar-refractivity contribution in [3.8, 4) is 0 Å². The molecule has 0 atom stereocenters. The molecule has 2 amide bonds. The average molecular weight is 446 g/mol. The van der Waals surface area contributed by atoms with Crippen LogP contribution in [0.2, 0.25) is 0 Å². The molecular weight excluding hydrogens is 415 g/mol. The molecule has 1 rings (SSSR count). The van der Waals surface area contributed by atoms with E-state index < -0.39 is 0 Å². The van der Waals surface area contributed by atoms with E-state index >= 15 is 0 Å². The third kappa shape index (κ3) is 11.7. The maximum atomic E-state index is 11.7. The van der Waals surface area contributed by atoms with Gasteiger partial charge in [-0.3, -0.25) is 4.84 Å².